The molecule has 2 aliphatic rings. The van der Waals surface area contributed by atoms with Crippen LogP contribution in [0.25, 0.3) is 22.3 Å². The molecule has 5 rings (SSSR count). The van der Waals surface area contributed by atoms with Gasteiger partial charge in [-0.25, -0.2) is 9.78 Å². The highest BCUT2D eigenvalue weighted by Crippen LogP contribution is 2.38. The molecule has 164 valence electrons. The van der Waals surface area contributed by atoms with Crippen molar-refractivity contribution >= 4 is 23.1 Å². The van der Waals surface area contributed by atoms with Crippen molar-refractivity contribution in [3.63, 3.8) is 0 Å². The molecule has 3 aromatic rings. The van der Waals surface area contributed by atoms with Crippen molar-refractivity contribution in [1.29, 1.82) is 0 Å². The van der Waals surface area contributed by atoms with Crippen LogP contribution < -0.4 is 11.3 Å². The van der Waals surface area contributed by atoms with Crippen LogP contribution in [0.1, 0.15) is 35.6 Å². The Hall–Kier alpha value is -3.56. The van der Waals surface area contributed by atoms with Crippen LogP contribution in [0.4, 0.5) is 0 Å². The highest BCUT2D eigenvalue weighted by molar-refractivity contribution is 5.99. The van der Waals surface area contributed by atoms with Crippen molar-refractivity contribution in [3.8, 4) is 11.4 Å². The van der Waals surface area contributed by atoms with Gasteiger partial charge in [-0.3, -0.25) is 4.79 Å². The maximum Gasteiger partial charge on any atom is 0.343 e. The molecular formula is C23H22N4O5. The lowest BCUT2D eigenvalue weighted by molar-refractivity contribution is -0.172. The number of oxime groups is 1. The van der Waals surface area contributed by atoms with E-state index in [2.05, 4.69) is 5.16 Å². The minimum absolute atomic E-state index is 0.106. The summed E-state index contributed by atoms with van der Waals surface area (Å²) in [5.74, 6) is -0.734. The van der Waals surface area contributed by atoms with Crippen LogP contribution in [0.15, 0.2) is 40.3 Å². The molecular weight excluding hydrogens is 412 g/mol. The molecule has 0 aliphatic carbocycles. The number of carbonyl (C=O) groups is 1. The molecule has 1 aromatic carbocycles. The van der Waals surface area contributed by atoms with Crippen molar-refractivity contribution in [2.24, 2.45) is 10.9 Å². The Labute approximate surface area is 183 Å². The number of carbonyl (C=O) groups excluding carboxylic acids is 1. The van der Waals surface area contributed by atoms with Gasteiger partial charge in [-0.05, 0) is 24.6 Å². The Bertz CT molecular complexity index is 1350. The molecule has 0 bridgehead atoms. The highest BCUT2D eigenvalue weighted by Gasteiger charge is 2.45. The molecule has 0 radical (unpaired) electrons. The van der Waals surface area contributed by atoms with E-state index in [-0.39, 0.29) is 18.6 Å². The SMILES string of the molecule is CC[C@@]1(O)C(=O)OCc2c1cc1n(c2=O)Cc2cc3c(C=NOCCN)cccc3nc2-1. The maximum absolute atomic E-state index is 13.2. The van der Waals surface area contributed by atoms with Gasteiger partial charge in [0.15, 0.2) is 5.60 Å². The standard InChI is InChI=1S/C23H22N4O5/c1-2-23(30)17-9-19-20-14(11-27(19)21(28)16(17)12-31-22(23)29)8-15-13(10-25-32-7-6-24)4-3-5-18(15)26-20/h3-5,8-10,30H,2,6-7,11-12,24H2,1H3/t23-/m0/s1. The minimum atomic E-state index is -1.84. The fourth-order valence-electron chi connectivity index (χ4n) is 4.34. The number of aliphatic hydroxyl groups is 1. The Morgan fingerprint density at radius 2 is 2.22 bits per heavy atom. The van der Waals surface area contributed by atoms with Crippen LogP contribution in [0.2, 0.25) is 0 Å². The smallest absolute Gasteiger partial charge is 0.343 e. The van der Waals surface area contributed by atoms with Crippen molar-refractivity contribution in [2.75, 3.05) is 13.2 Å². The number of esters is 1. The van der Waals surface area contributed by atoms with Gasteiger partial charge in [-0.2, -0.15) is 0 Å². The largest absolute Gasteiger partial charge is 0.458 e. The number of fused-ring (bicyclic) bond motifs is 5. The zero-order valence-electron chi connectivity index (χ0n) is 17.5. The Morgan fingerprint density at radius 3 is 3.00 bits per heavy atom. The minimum Gasteiger partial charge on any atom is -0.458 e. The van der Waals surface area contributed by atoms with Crippen LogP contribution in [-0.2, 0) is 33.1 Å². The number of nitrogens with two attached hydrogens (primary N) is 1. The van der Waals surface area contributed by atoms with E-state index < -0.39 is 11.6 Å². The highest BCUT2D eigenvalue weighted by atomic mass is 16.6. The van der Waals surface area contributed by atoms with Gasteiger partial charge < -0.3 is 25.0 Å². The summed E-state index contributed by atoms with van der Waals surface area (Å²) in [5, 5.41) is 15.8. The number of nitrogens with zero attached hydrogens (tertiary/aromatic N) is 3. The number of ether oxygens (including phenoxy) is 1. The normalized spacial score (nSPS) is 19.0. The van der Waals surface area contributed by atoms with E-state index in [1.165, 1.54) is 0 Å². The van der Waals surface area contributed by atoms with Gasteiger partial charge in [-0.1, -0.05) is 24.2 Å². The molecule has 0 fully saturated rings. The summed E-state index contributed by atoms with van der Waals surface area (Å²) in [6, 6.07) is 9.35. The van der Waals surface area contributed by atoms with Gasteiger partial charge in [0.2, 0.25) is 0 Å². The van der Waals surface area contributed by atoms with Crippen LogP contribution in [0, 0.1) is 0 Å². The van der Waals surface area contributed by atoms with Crippen LogP contribution >= 0.6 is 0 Å². The second-order valence-electron chi connectivity index (χ2n) is 7.87. The topological polar surface area (TPSA) is 129 Å². The molecule has 0 saturated heterocycles. The number of aromatic nitrogens is 2. The van der Waals surface area contributed by atoms with Crippen LogP contribution in [0.5, 0.6) is 0 Å². The number of hydrogen-bond acceptors (Lipinski definition) is 8. The summed E-state index contributed by atoms with van der Waals surface area (Å²) in [6.07, 6.45) is 1.72. The molecule has 0 amide bonds. The molecule has 2 aliphatic heterocycles. The number of pyridine rings is 2. The zero-order chi connectivity index (χ0) is 22.5. The van der Waals surface area contributed by atoms with Crippen molar-refractivity contribution in [1.82, 2.24) is 9.55 Å². The monoisotopic (exact) mass is 434 g/mol. The molecule has 4 heterocycles. The van der Waals surface area contributed by atoms with Crippen LogP contribution in [0.3, 0.4) is 0 Å². The van der Waals surface area contributed by atoms with Gasteiger partial charge in [0.25, 0.3) is 5.56 Å². The molecule has 0 saturated carbocycles. The molecule has 0 spiro atoms. The van der Waals surface area contributed by atoms with E-state index in [4.69, 9.17) is 20.3 Å². The number of cyclic esters (lactones) is 1. The third kappa shape index (κ3) is 2.93. The van der Waals surface area contributed by atoms with E-state index in [1.807, 2.05) is 24.3 Å². The number of benzene rings is 1. The molecule has 3 N–H and O–H groups in total. The molecule has 9 heteroatoms. The molecule has 9 nitrogen and oxygen atoms in total. The molecule has 0 unspecified atom stereocenters. The average Bonchev–Trinajstić information content (AvgIpc) is 3.16. The lowest BCUT2D eigenvalue weighted by Gasteiger charge is -2.31. The first-order chi connectivity index (χ1) is 15.5. The fourth-order valence-corrected chi connectivity index (χ4v) is 4.34. The summed E-state index contributed by atoms with van der Waals surface area (Å²) in [5.41, 5.74) is 7.57. The Balaban J connectivity index is 1.66. The first-order valence-electron chi connectivity index (χ1n) is 10.4. The van der Waals surface area contributed by atoms with Crippen molar-refractivity contribution in [3.05, 3.63) is 62.9 Å². The summed E-state index contributed by atoms with van der Waals surface area (Å²) in [4.78, 5) is 35.4. The van der Waals surface area contributed by atoms with Crippen LogP contribution in [-0.4, -0.2) is 40.0 Å². The molecule has 32 heavy (non-hydrogen) atoms. The zero-order valence-corrected chi connectivity index (χ0v) is 17.5. The quantitative estimate of drug-likeness (QED) is 0.210. The van der Waals surface area contributed by atoms with Crippen molar-refractivity contribution in [2.45, 2.75) is 32.1 Å². The first-order valence-corrected chi connectivity index (χ1v) is 10.4. The third-order valence-corrected chi connectivity index (χ3v) is 6.06. The van der Waals surface area contributed by atoms with E-state index in [0.717, 1.165) is 22.0 Å². The van der Waals surface area contributed by atoms with E-state index >= 15 is 0 Å². The fraction of sp³-hybridized carbons (Fsp3) is 0.304. The lowest BCUT2D eigenvalue weighted by atomic mass is 9.86. The van der Waals surface area contributed by atoms with Gasteiger partial charge in [0.05, 0.1) is 35.2 Å². The van der Waals surface area contributed by atoms with Gasteiger partial charge in [0, 0.05) is 28.6 Å². The second-order valence-corrected chi connectivity index (χ2v) is 7.87. The summed E-state index contributed by atoms with van der Waals surface area (Å²) in [6.45, 7) is 2.58. The van der Waals surface area contributed by atoms with E-state index in [9.17, 15) is 14.7 Å². The summed E-state index contributed by atoms with van der Waals surface area (Å²) < 4.78 is 6.72. The number of hydrogen-bond donors (Lipinski definition) is 2. The second kappa shape index (κ2) is 7.54. The summed E-state index contributed by atoms with van der Waals surface area (Å²) >= 11 is 0. The third-order valence-electron chi connectivity index (χ3n) is 6.06. The van der Waals surface area contributed by atoms with Crippen molar-refractivity contribution < 1.29 is 19.5 Å². The Morgan fingerprint density at radius 1 is 1.38 bits per heavy atom. The molecule has 1 atom stereocenters. The lowest BCUT2D eigenvalue weighted by Crippen LogP contribution is -2.44. The molecule has 2 aromatic heterocycles. The van der Waals surface area contributed by atoms with E-state index in [0.29, 0.717) is 42.2 Å². The first kappa shape index (κ1) is 20.3. The Kier molecular flexibility index (Phi) is 4.79. The predicted molar refractivity (Wildman–Crippen MR) is 117 cm³/mol. The van der Waals surface area contributed by atoms with E-state index in [1.54, 1.807) is 23.8 Å². The maximum atomic E-state index is 13.2. The summed E-state index contributed by atoms with van der Waals surface area (Å²) in [7, 11) is 0. The van der Waals surface area contributed by atoms with Gasteiger partial charge in [0.1, 0.15) is 13.2 Å². The predicted octanol–water partition coefficient (Wildman–Crippen LogP) is 1.39. The van der Waals surface area contributed by atoms with Gasteiger partial charge in [-0.15, -0.1) is 0 Å². The number of rotatable bonds is 5. The average molecular weight is 434 g/mol. The van der Waals surface area contributed by atoms with Gasteiger partial charge >= 0.3 is 5.97 Å².